The molecule has 10 rings (SSSR count). The number of aromatic nitrogens is 4. The second kappa shape index (κ2) is 11.4. The number of nitrogens with zero attached hydrogens (tertiary/aromatic N) is 4. The molecule has 0 spiro atoms. The number of benzene rings is 8. The van der Waals surface area contributed by atoms with Gasteiger partial charge in [-0.15, -0.1) is 0 Å². The van der Waals surface area contributed by atoms with Crippen molar-refractivity contribution >= 4 is 43.1 Å². The van der Waals surface area contributed by atoms with Gasteiger partial charge in [0.05, 0.1) is 5.69 Å². The van der Waals surface area contributed by atoms with E-state index in [2.05, 4.69) is 102 Å². The summed E-state index contributed by atoms with van der Waals surface area (Å²) in [5, 5.41) is 9.84. The normalized spacial score (nSPS) is 11.6. The Morgan fingerprint density at radius 3 is 1.40 bits per heavy atom. The summed E-state index contributed by atoms with van der Waals surface area (Å²) in [5.41, 5.74) is 7.42. The van der Waals surface area contributed by atoms with Crippen LogP contribution in [0.15, 0.2) is 170 Å². The van der Waals surface area contributed by atoms with Gasteiger partial charge in [0.15, 0.2) is 17.5 Å². The minimum Gasteiger partial charge on any atom is -0.256 e. The van der Waals surface area contributed by atoms with E-state index < -0.39 is 0 Å². The Bertz CT molecular complexity index is 2790. The molecule has 4 heteroatoms. The minimum atomic E-state index is 0.653. The molecule has 0 bridgehead atoms. The molecule has 0 fully saturated rings. The summed E-state index contributed by atoms with van der Waals surface area (Å²) in [6.07, 6.45) is 1.86. The van der Waals surface area contributed by atoms with Crippen molar-refractivity contribution in [2.75, 3.05) is 0 Å². The van der Waals surface area contributed by atoms with Crippen LogP contribution in [0.25, 0.3) is 99.6 Å². The van der Waals surface area contributed by atoms with Crippen LogP contribution < -0.4 is 0 Å². The lowest BCUT2D eigenvalue weighted by Gasteiger charge is -2.16. The lowest BCUT2D eigenvalue weighted by Crippen LogP contribution is -2.00. The van der Waals surface area contributed by atoms with E-state index in [1.807, 2.05) is 72.9 Å². The number of hydrogen-bond acceptors (Lipinski definition) is 4. The molecule has 0 N–H and O–H groups in total. The maximum Gasteiger partial charge on any atom is 0.164 e. The van der Waals surface area contributed by atoms with Crippen LogP contribution in [0.1, 0.15) is 0 Å². The minimum absolute atomic E-state index is 0.653. The third kappa shape index (κ3) is 4.69. The molecule has 0 saturated carbocycles. The van der Waals surface area contributed by atoms with Gasteiger partial charge in [-0.25, -0.2) is 15.0 Å². The van der Waals surface area contributed by atoms with Gasteiger partial charge >= 0.3 is 0 Å². The largest absolute Gasteiger partial charge is 0.256 e. The zero-order chi connectivity index (χ0) is 33.0. The Balaban J connectivity index is 1.09. The second-order valence-corrected chi connectivity index (χ2v) is 12.7. The van der Waals surface area contributed by atoms with Crippen molar-refractivity contribution in [2.24, 2.45) is 0 Å². The molecule has 0 unspecified atom stereocenters. The first kappa shape index (κ1) is 28.3. The van der Waals surface area contributed by atoms with E-state index in [4.69, 9.17) is 15.0 Å². The van der Waals surface area contributed by atoms with Crippen molar-refractivity contribution in [3.8, 4) is 56.5 Å². The molecule has 0 atom stereocenters. The molecule has 0 radical (unpaired) electrons. The fourth-order valence-electron chi connectivity index (χ4n) is 7.29. The molecule has 232 valence electrons. The van der Waals surface area contributed by atoms with Crippen LogP contribution in [0, 0.1) is 0 Å². The predicted molar refractivity (Wildman–Crippen MR) is 206 cm³/mol. The Morgan fingerprint density at radius 1 is 0.320 bits per heavy atom. The molecule has 8 aromatic carbocycles. The maximum atomic E-state index is 4.94. The quantitative estimate of drug-likeness (QED) is 0.176. The maximum absolute atomic E-state index is 4.94. The Labute approximate surface area is 288 Å². The highest BCUT2D eigenvalue weighted by atomic mass is 15.0. The first-order chi connectivity index (χ1) is 24.8. The number of fused-ring (bicyclic) bond motifs is 1. The topological polar surface area (TPSA) is 51.6 Å². The summed E-state index contributed by atoms with van der Waals surface area (Å²) in [4.78, 5) is 19.4. The van der Waals surface area contributed by atoms with Crippen molar-refractivity contribution in [3.05, 3.63) is 170 Å². The summed E-state index contributed by atoms with van der Waals surface area (Å²) in [5.74, 6) is 1.97. The standard InChI is InChI=1S/C46H28N4/c1-3-9-31(10-4-1)44-48-45(32-11-5-2-6-12-32)50-46(49-44)36-17-15-33-27-35(16-14-34(33)28-36)37-22-18-29-21-25-40-38(41-13-7-8-26-47-41)23-19-30-20-24-39(37)42(29)43(30)40/h1-28H. The Morgan fingerprint density at radius 2 is 0.800 bits per heavy atom. The van der Waals surface area contributed by atoms with Crippen molar-refractivity contribution in [3.63, 3.8) is 0 Å². The monoisotopic (exact) mass is 636 g/mol. The van der Waals surface area contributed by atoms with Crippen LogP contribution >= 0.6 is 0 Å². The van der Waals surface area contributed by atoms with Crippen LogP contribution in [0.2, 0.25) is 0 Å². The molecule has 0 aliphatic carbocycles. The van der Waals surface area contributed by atoms with E-state index in [1.165, 1.54) is 43.4 Å². The van der Waals surface area contributed by atoms with Gasteiger partial charge in [-0.1, -0.05) is 140 Å². The van der Waals surface area contributed by atoms with Gasteiger partial charge in [0, 0.05) is 28.5 Å². The van der Waals surface area contributed by atoms with Gasteiger partial charge in [0.25, 0.3) is 0 Å². The van der Waals surface area contributed by atoms with Gasteiger partial charge in [0.1, 0.15) is 0 Å². The molecule has 0 aliphatic rings. The number of pyridine rings is 1. The highest BCUT2D eigenvalue weighted by Gasteiger charge is 2.16. The predicted octanol–water partition coefficient (Wildman–Crippen LogP) is 11.7. The molecule has 2 aromatic heterocycles. The number of hydrogen-bond donors (Lipinski definition) is 0. The third-order valence-electron chi connectivity index (χ3n) is 9.71. The van der Waals surface area contributed by atoms with Crippen LogP contribution in [0.5, 0.6) is 0 Å². The van der Waals surface area contributed by atoms with Crippen molar-refractivity contribution in [1.29, 1.82) is 0 Å². The zero-order valence-corrected chi connectivity index (χ0v) is 27.0. The highest BCUT2D eigenvalue weighted by Crippen LogP contribution is 2.42. The summed E-state index contributed by atoms with van der Waals surface area (Å²) in [6, 6.07) is 57.5. The number of rotatable bonds is 5. The molecule has 0 amide bonds. The van der Waals surface area contributed by atoms with Crippen LogP contribution in [-0.2, 0) is 0 Å². The summed E-state index contributed by atoms with van der Waals surface area (Å²) < 4.78 is 0. The van der Waals surface area contributed by atoms with Gasteiger partial charge in [-0.3, -0.25) is 4.98 Å². The van der Waals surface area contributed by atoms with E-state index >= 15 is 0 Å². The highest BCUT2D eigenvalue weighted by molar-refractivity contribution is 6.27. The third-order valence-corrected chi connectivity index (χ3v) is 9.71. The van der Waals surface area contributed by atoms with Crippen LogP contribution in [0.4, 0.5) is 0 Å². The average molecular weight is 637 g/mol. The molecule has 0 saturated heterocycles. The van der Waals surface area contributed by atoms with Gasteiger partial charge in [0.2, 0.25) is 0 Å². The molecule has 0 aliphatic heterocycles. The van der Waals surface area contributed by atoms with E-state index in [0.717, 1.165) is 38.7 Å². The van der Waals surface area contributed by atoms with E-state index in [-0.39, 0.29) is 0 Å². The smallest absolute Gasteiger partial charge is 0.164 e. The van der Waals surface area contributed by atoms with Gasteiger partial charge < -0.3 is 0 Å². The molecule has 4 nitrogen and oxygen atoms in total. The van der Waals surface area contributed by atoms with Crippen LogP contribution in [0.3, 0.4) is 0 Å². The van der Waals surface area contributed by atoms with E-state index in [9.17, 15) is 0 Å². The molecular weight excluding hydrogens is 609 g/mol. The van der Waals surface area contributed by atoms with E-state index in [1.54, 1.807) is 0 Å². The SMILES string of the molecule is c1ccc(-c2nc(-c3ccccc3)nc(-c3ccc4cc(-c5ccc6ccc7c(-c8ccccn8)ccc8ccc5c6c87)ccc4c3)n2)cc1. The van der Waals surface area contributed by atoms with Gasteiger partial charge in [-0.05, 0) is 78.5 Å². The summed E-state index contributed by atoms with van der Waals surface area (Å²) in [7, 11) is 0. The fraction of sp³-hybridized carbons (Fsp3) is 0. The molecular formula is C46H28N4. The Kier molecular flexibility index (Phi) is 6.46. The summed E-state index contributed by atoms with van der Waals surface area (Å²) >= 11 is 0. The fourth-order valence-corrected chi connectivity index (χ4v) is 7.29. The first-order valence-electron chi connectivity index (χ1n) is 16.8. The lowest BCUT2D eigenvalue weighted by molar-refractivity contribution is 1.07. The van der Waals surface area contributed by atoms with Crippen LogP contribution in [-0.4, -0.2) is 19.9 Å². The molecule has 10 aromatic rings. The van der Waals surface area contributed by atoms with E-state index in [0.29, 0.717) is 17.5 Å². The first-order valence-corrected chi connectivity index (χ1v) is 16.8. The van der Waals surface area contributed by atoms with Crippen molar-refractivity contribution < 1.29 is 0 Å². The van der Waals surface area contributed by atoms with Crippen molar-refractivity contribution in [1.82, 2.24) is 19.9 Å². The lowest BCUT2D eigenvalue weighted by atomic mass is 9.87. The summed E-state index contributed by atoms with van der Waals surface area (Å²) in [6.45, 7) is 0. The average Bonchev–Trinajstić information content (AvgIpc) is 3.20. The molecule has 50 heavy (non-hydrogen) atoms. The molecule has 2 heterocycles. The van der Waals surface area contributed by atoms with Crippen molar-refractivity contribution in [2.45, 2.75) is 0 Å². The zero-order valence-electron chi connectivity index (χ0n) is 27.0. The Hall–Kier alpha value is -6.78. The second-order valence-electron chi connectivity index (χ2n) is 12.7. The van der Waals surface area contributed by atoms with Gasteiger partial charge in [-0.2, -0.15) is 0 Å².